The molecule has 0 aromatic heterocycles. The van der Waals surface area contributed by atoms with Crippen LogP contribution < -0.4 is 10.6 Å². The van der Waals surface area contributed by atoms with E-state index in [2.05, 4.69) is 10.6 Å². The fourth-order valence-electron chi connectivity index (χ4n) is 3.44. The number of carbonyl (C=O) groups excluding carboxylic acids is 2. The first-order valence-corrected chi connectivity index (χ1v) is 10.6. The Morgan fingerprint density at radius 3 is 1.88 bits per heavy atom. The monoisotopic (exact) mass is 446 g/mol. The van der Waals surface area contributed by atoms with Crippen molar-refractivity contribution in [3.05, 3.63) is 108 Å². The number of amides is 2. The summed E-state index contributed by atoms with van der Waals surface area (Å²) >= 11 is 0. The van der Waals surface area contributed by atoms with Gasteiger partial charge in [0.15, 0.2) is 6.10 Å². The zero-order valence-electron chi connectivity index (χ0n) is 17.9. The van der Waals surface area contributed by atoms with E-state index in [1.165, 1.54) is 0 Å². The average molecular weight is 447 g/mol. The summed E-state index contributed by atoms with van der Waals surface area (Å²) in [6.07, 6.45) is -1.09. The van der Waals surface area contributed by atoms with E-state index in [1.54, 1.807) is 60.7 Å². The number of aryl methyl sites for hydroxylation is 1. The molecule has 0 heterocycles. The van der Waals surface area contributed by atoms with Crippen LogP contribution in [-0.2, 0) is 16.0 Å². The molecule has 0 spiro atoms. The summed E-state index contributed by atoms with van der Waals surface area (Å²) in [6.45, 7) is 0. The molecule has 3 rings (SSSR count). The van der Waals surface area contributed by atoms with Crippen LogP contribution in [0.25, 0.3) is 0 Å². The molecule has 2 amide bonds. The van der Waals surface area contributed by atoms with Gasteiger partial charge in [-0.15, -0.1) is 0 Å². The number of aliphatic carboxylic acids is 1. The SMILES string of the molecule is O=C(N[C@@H](c1ccccc1)[C@@H](O)C(=O)N[C@H](CCc1ccccc1)C(=O)O)c1ccccc1. The van der Waals surface area contributed by atoms with Crippen molar-refractivity contribution in [3.63, 3.8) is 0 Å². The second-order valence-corrected chi connectivity index (χ2v) is 7.60. The van der Waals surface area contributed by atoms with Gasteiger partial charge in [0.2, 0.25) is 0 Å². The third kappa shape index (κ3) is 6.75. The number of carboxylic acid groups (broad SMARTS) is 1. The first-order valence-electron chi connectivity index (χ1n) is 10.6. The van der Waals surface area contributed by atoms with Crippen LogP contribution in [-0.4, -0.2) is 40.1 Å². The summed E-state index contributed by atoms with van der Waals surface area (Å²) in [4.78, 5) is 37.2. The summed E-state index contributed by atoms with van der Waals surface area (Å²) in [5.74, 6) is -2.54. The Kier molecular flexibility index (Phi) is 8.32. The zero-order chi connectivity index (χ0) is 23.6. The lowest BCUT2D eigenvalue weighted by atomic mass is 9.99. The molecule has 7 nitrogen and oxygen atoms in total. The molecule has 0 bridgehead atoms. The molecule has 0 aliphatic carbocycles. The van der Waals surface area contributed by atoms with Crippen LogP contribution in [0.4, 0.5) is 0 Å². The number of benzene rings is 3. The number of carbonyl (C=O) groups is 3. The lowest BCUT2D eigenvalue weighted by Crippen LogP contribution is -2.50. The van der Waals surface area contributed by atoms with Gasteiger partial charge in [-0.3, -0.25) is 9.59 Å². The number of aliphatic hydroxyl groups excluding tert-OH is 1. The smallest absolute Gasteiger partial charge is 0.326 e. The molecular weight excluding hydrogens is 420 g/mol. The molecular formula is C26H26N2O5. The first-order chi connectivity index (χ1) is 16.0. The van der Waals surface area contributed by atoms with Crippen molar-refractivity contribution >= 4 is 17.8 Å². The largest absolute Gasteiger partial charge is 0.480 e. The minimum atomic E-state index is -1.70. The highest BCUT2D eigenvalue weighted by molar-refractivity contribution is 5.95. The van der Waals surface area contributed by atoms with Gasteiger partial charge in [0, 0.05) is 5.56 Å². The minimum Gasteiger partial charge on any atom is -0.480 e. The summed E-state index contributed by atoms with van der Waals surface area (Å²) in [5, 5.41) is 25.5. The van der Waals surface area contributed by atoms with Crippen LogP contribution in [0.1, 0.15) is 33.9 Å². The van der Waals surface area contributed by atoms with Crippen LogP contribution in [0, 0.1) is 0 Å². The Morgan fingerprint density at radius 1 is 0.758 bits per heavy atom. The third-order valence-electron chi connectivity index (χ3n) is 5.24. The molecule has 7 heteroatoms. The van der Waals surface area contributed by atoms with Gasteiger partial charge in [-0.05, 0) is 36.1 Å². The van der Waals surface area contributed by atoms with Crippen molar-refractivity contribution in [2.24, 2.45) is 0 Å². The Morgan fingerprint density at radius 2 is 1.30 bits per heavy atom. The van der Waals surface area contributed by atoms with Crippen LogP contribution in [0.5, 0.6) is 0 Å². The first kappa shape index (κ1) is 23.7. The second kappa shape index (κ2) is 11.6. The van der Waals surface area contributed by atoms with Crippen molar-refractivity contribution in [1.82, 2.24) is 10.6 Å². The molecule has 0 saturated heterocycles. The van der Waals surface area contributed by atoms with E-state index in [-0.39, 0.29) is 6.42 Å². The zero-order valence-corrected chi connectivity index (χ0v) is 17.9. The molecule has 0 aliphatic heterocycles. The summed E-state index contributed by atoms with van der Waals surface area (Å²) in [7, 11) is 0. The van der Waals surface area contributed by atoms with Gasteiger partial charge >= 0.3 is 5.97 Å². The quantitative estimate of drug-likeness (QED) is 0.382. The summed E-state index contributed by atoms with van der Waals surface area (Å²) in [5.41, 5.74) is 1.83. The highest BCUT2D eigenvalue weighted by Gasteiger charge is 2.32. The van der Waals surface area contributed by atoms with E-state index in [4.69, 9.17) is 0 Å². The minimum absolute atomic E-state index is 0.157. The third-order valence-corrected chi connectivity index (χ3v) is 5.24. The van der Waals surface area contributed by atoms with E-state index in [0.29, 0.717) is 17.5 Å². The van der Waals surface area contributed by atoms with Crippen molar-refractivity contribution in [2.75, 3.05) is 0 Å². The molecule has 0 fully saturated rings. The van der Waals surface area contributed by atoms with Crippen molar-refractivity contribution < 1.29 is 24.6 Å². The number of carboxylic acids is 1. The maximum atomic E-state index is 12.8. The standard InChI is InChI=1S/C26H26N2O5/c29-23(25(31)27-21(26(32)33)17-16-18-10-4-1-5-11-18)22(19-12-6-2-7-13-19)28-24(30)20-14-8-3-9-15-20/h1-15,21-23,29H,16-17H2,(H,27,31)(H,28,30)(H,32,33)/t21-,22+,23-/m1/s1. The lowest BCUT2D eigenvalue weighted by molar-refractivity contribution is -0.144. The van der Waals surface area contributed by atoms with Crippen LogP contribution in [0.3, 0.4) is 0 Å². The number of hydrogen-bond donors (Lipinski definition) is 4. The van der Waals surface area contributed by atoms with E-state index in [1.807, 2.05) is 30.3 Å². The van der Waals surface area contributed by atoms with Gasteiger partial charge in [0.05, 0.1) is 6.04 Å². The van der Waals surface area contributed by atoms with E-state index < -0.39 is 36.0 Å². The molecule has 170 valence electrons. The summed E-state index contributed by atoms with van der Waals surface area (Å²) < 4.78 is 0. The Bertz CT molecular complexity index is 1060. The van der Waals surface area contributed by atoms with Crippen molar-refractivity contribution in [3.8, 4) is 0 Å². The molecule has 0 aliphatic rings. The molecule has 3 aromatic carbocycles. The van der Waals surface area contributed by atoms with Gasteiger partial charge in [-0.25, -0.2) is 4.79 Å². The normalized spacial score (nSPS) is 13.4. The topological polar surface area (TPSA) is 116 Å². The maximum Gasteiger partial charge on any atom is 0.326 e. The van der Waals surface area contributed by atoms with Gasteiger partial charge in [-0.1, -0.05) is 78.9 Å². The molecule has 0 radical (unpaired) electrons. The maximum absolute atomic E-state index is 12.8. The Hall–Kier alpha value is -3.97. The highest BCUT2D eigenvalue weighted by atomic mass is 16.4. The van der Waals surface area contributed by atoms with Gasteiger partial charge in [0.25, 0.3) is 11.8 Å². The molecule has 0 unspecified atom stereocenters. The van der Waals surface area contributed by atoms with Gasteiger partial charge < -0.3 is 20.8 Å². The predicted molar refractivity (Wildman–Crippen MR) is 123 cm³/mol. The van der Waals surface area contributed by atoms with Crippen molar-refractivity contribution in [2.45, 2.75) is 31.0 Å². The number of aliphatic hydroxyl groups is 1. The molecule has 3 aromatic rings. The summed E-state index contributed by atoms with van der Waals surface area (Å²) in [6, 6.07) is 24.1. The number of hydrogen-bond acceptors (Lipinski definition) is 4. The van der Waals surface area contributed by atoms with Gasteiger partial charge in [0.1, 0.15) is 6.04 Å². The second-order valence-electron chi connectivity index (χ2n) is 7.60. The van der Waals surface area contributed by atoms with Crippen LogP contribution in [0.2, 0.25) is 0 Å². The number of nitrogens with one attached hydrogen (secondary N) is 2. The highest BCUT2D eigenvalue weighted by Crippen LogP contribution is 2.19. The number of rotatable bonds is 10. The fraction of sp³-hybridized carbons (Fsp3) is 0.192. The van der Waals surface area contributed by atoms with E-state index in [0.717, 1.165) is 5.56 Å². The van der Waals surface area contributed by atoms with E-state index in [9.17, 15) is 24.6 Å². The molecule has 3 atom stereocenters. The lowest BCUT2D eigenvalue weighted by Gasteiger charge is -2.25. The molecule has 4 N–H and O–H groups in total. The van der Waals surface area contributed by atoms with Crippen LogP contribution in [0.15, 0.2) is 91.0 Å². The fourth-order valence-corrected chi connectivity index (χ4v) is 3.44. The Balaban J connectivity index is 1.73. The van der Waals surface area contributed by atoms with Gasteiger partial charge in [-0.2, -0.15) is 0 Å². The molecule has 33 heavy (non-hydrogen) atoms. The Labute approximate surface area is 192 Å². The van der Waals surface area contributed by atoms with Crippen LogP contribution >= 0.6 is 0 Å². The van der Waals surface area contributed by atoms with Crippen molar-refractivity contribution in [1.29, 1.82) is 0 Å². The van der Waals surface area contributed by atoms with E-state index >= 15 is 0 Å². The average Bonchev–Trinajstić information content (AvgIpc) is 2.85. The predicted octanol–water partition coefficient (Wildman–Crippen LogP) is 2.72. The molecule has 0 saturated carbocycles.